The third-order valence-corrected chi connectivity index (χ3v) is 3.49. The first-order chi connectivity index (χ1) is 12.1. The summed E-state index contributed by atoms with van der Waals surface area (Å²) in [5.74, 6) is -0.962. The number of carboxylic acids is 1. The van der Waals surface area contributed by atoms with Crippen LogP contribution >= 0.6 is 17.0 Å². The molecule has 8 heteroatoms. The van der Waals surface area contributed by atoms with Crippen LogP contribution in [0.3, 0.4) is 0 Å². The van der Waals surface area contributed by atoms with E-state index in [1.807, 2.05) is 30.3 Å². The third kappa shape index (κ3) is 5.06. The summed E-state index contributed by atoms with van der Waals surface area (Å²) in [6.07, 6.45) is -1.11. The summed E-state index contributed by atoms with van der Waals surface area (Å²) >= 11 is 0. The Labute approximate surface area is 159 Å². The summed E-state index contributed by atoms with van der Waals surface area (Å²) in [4.78, 5) is 27.3. The second kappa shape index (κ2) is 9.00. The molecule has 0 aliphatic rings. The predicted octanol–water partition coefficient (Wildman–Crippen LogP) is 3.85. The van der Waals surface area contributed by atoms with Crippen molar-refractivity contribution >= 4 is 40.1 Å². The summed E-state index contributed by atoms with van der Waals surface area (Å²) in [5, 5.41) is 11.6. The van der Waals surface area contributed by atoms with Crippen LogP contribution in [0.2, 0.25) is 0 Å². The number of carbonyl (C=O) groups excluding carboxylic acids is 1. The van der Waals surface area contributed by atoms with Crippen LogP contribution in [-0.2, 0) is 16.1 Å². The van der Waals surface area contributed by atoms with Crippen molar-refractivity contribution in [1.29, 1.82) is 0 Å². The van der Waals surface area contributed by atoms with E-state index in [0.717, 1.165) is 5.56 Å². The average molecular weight is 421 g/mol. The maximum absolute atomic E-state index is 12.0. The molecule has 0 spiro atoms. The smallest absolute Gasteiger partial charge is 0.408 e. The quantitative estimate of drug-likeness (QED) is 0.627. The molecule has 7 nitrogen and oxygen atoms in total. The van der Waals surface area contributed by atoms with E-state index in [2.05, 4.69) is 10.3 Å². The molecule has 0 aliphatic carbocycles. The Balaban J connectivity index is 0.00000243. The van der Waals surface area contributed by atoms with Gasteiger partial charge in [0.1, 0.15) is 18.2 Å². The Kier molecular flexibility index (Phi) is 6.74. The molecule has 26 heavy (non-hydrogen) atoms. The Morgan fingerprint density at radius 1 is 1.12 bits per heavy atom. The lowest BCUT2D eigenvalue weighted by Gasteiger charge is -2.13. The van der Waals surface area contributed by atoms with E-state index in [-0.39, 0.29) is 35.9 Å². The van der Waals surface area contributed by atoms with Crippen molar-refractivity contribution in [1.82, 2.24) is 10.3 Å². The van der Waals surface area contributed by atoms with Crippen molar-refractivity contribution in [2.45, 2.75) is 19.1 Å². The number of aromatic nitrogens is 1. The van der Waals surface area contributed by atoms with E-state index in [1.165, 1.54) is 0 Å². The van der Waals surface area contributed by atoms with Gasteiger partial charge < -0.3 is 19.6 Å². The minimum absolute atomic E-state index is 0. The molecule has 0 radical (unpaired) electrons. The van der Waals surface area contributed by atoms with E-state index in [1.54, 1.807) is 24.3 Å². The van der Waals surface area contributed by atoms with E-state index < -0.39 is 18.1 Å². The molecule has 1 atom stereocenters. The lowest BCUT2D eigenvalue weighted by atomic mass is 10.2. The van der Waals surface area contributed by atoms with Crippen molar-refractivity contribution in [3.63, 3.8) is 0 Å². The Hall–Kier alpha value is -2.87. The molecule has 0 bridgehead atoms. The summed E-state index contributed by atoms with van der Waals surface area (Å²) in [6.45, 7) is 0.0834. The molecule has 2 aromatic carbocycles. The zero-order valence-corrected chi connectivity index (χ0v) is 15.3. The van der Waals surface area contributed by atoms with Crippen LogP contribution in [0.1, 0.15) is 23.9 Å². The molecule has 0 saturated carbocycles. The van der Waals surface area contributed by atoms with Crippen molar-refractivity contribution < 1.29 is 23.8 Å². The van der Waals surface area contributed by atoms with Gasteiger partial charge in [0.2, 0.25) is 5.89 Å². The van der Waals surface area contributed by atoms with E-state index >= 15 is 0 Å². The number of benzene rings is 2. The highest BCUT2D eigenvalue weighted by Crippen LogP contribution is 2.22. The van der Waals surface area contributed by atoms with Crippen LogP contribution < -0.4 is 5.32 Å². The van der Waals surface area contributed by atoms with Crippen molar-refractivity contribution in [3.05, 3.63) is 66.1 Å². The predicted molar refractivity (Wildman–Crippen MR) is 99.1 cm³/mol. The average Bonchev–Trinajstić information content (AvgIpc) is 3.04. The molecule has 0 aliphatic heterocycles. The zero-order chi connectivity index (χ0) is 17.6. The molecular formula is C18H17BrN2O5. The first-order valence-electron chi connectivity index (χ1n) is 7.66. The van der Waals surface area contributed by atoms with E-state index in [0.29, 0.717) is 11.1 Å². The van der Waals surface area contributed by atoms with Gasteiger partial charge in [0.25, 0.3) is 0 Å². The summed E-state index contributed by atoms with van der Waals surface area (Å²) in [5.41, 5.74) is 1.94. The number of nitrogens with one attached hydrogen (secondary N) is 1. The van der Waals surface area contributed by atoms with Crippen LogP contribution in [0.15, 0.2) is 59.0 Å². The molecule has 1 amide bonds. The maximum atomic E-state index is 12.0. The Morgan fingerprint density at radius 2 is 1.81 bits per heavy atom. The number of para-hydroxylation sites is 2. The number of hydrogen-bond donors (Lipinski definition) is 2. The van der Waals surface area contributed by atoms with Gasteiger partial charge in [0, 0.05) is 0 Å². The standard InChI is InChI=1S/C18H16N2O5.BrH/c21-16(22)10-14(17-19-13-8-4-5-9-15(13)25-17)20-18(23)24-11-12-6-2-1-3-7-12;/h1-9,14H,10-11H2,(H,20,23)(H,21,22);1H. The summed E-state index contributed by atoms with van der Waals surface area (Å²) in [7, 11) is 0. The molecule has 2 N–H and O–H groups in total. The SMILES string of the molecule is Br.O=C(O)CC(NC(=O)OCc1ccccc1)c1nc2ccccc2o1. The van der Waals surface area contributed by atoms with Crippen LogP contribution in [-0.4, -0.2) is 22.2 Å². The third-order valence-electron chi connectivity index (χ3n) is 3.49. The van der Waals surface area contributed by atoms with Crippen molar-refractivity contribution in [2.24, 2.45) is 0 Å². The normalized spacial score (nSPS) is 11.4. The lowest BCUT2D eigenvalue weighted by molar-refractivity contribution is -0.137. The number of carbonyl (C=O) groups is 2. The van der Waals surface area contributed by atoms with Crippen LogP contribution in [0.4, 0.5) is 4.79 Å². The van der Waals surface area contributed by atoms with E-state index in [9.17, 15) is 9.59 Å². The Bertz CT molecular complexity index is 848. The summed E-state index contributed by atoms with van der Waals surface area (Å²) in [6, 6.07) is 15.3. The first kappa shape index (κ1) is 19.5. The van der Waals surface area contributed by atoms with Gasteiger partial charge >= 0.3 is 12.1 Å². The molecule has 3 rings (SSSR count). The summed E-state index contributed by atoms with van der Waals surface area (Å²) < 4.78 is 10.7. The van der Waals surface area contributed by atoms with Gasteiger partial charge in [-0.2, -0.15) is 0 Å². The monoisotopic (exact) mass is 420 g/mol. The fraction of sp³-hybridized carbons (Fsp3) is 0.167. The van der Waals surface area contributed by atoms with Gasteiger partial charge in [-0.05, 0) is 17.7 Å². The number of ether oxygens (including phenoxy) is 1. The minimum atomic E-state index is -1.09. The number of carboxylic acid groups (broad SMARTS) is 1. The number of alkyl carbamates (subject to hydrolysis) is 1. The van der Waals surface area contributed by atoms with Gasteiger partial charge in [-0.25, -0.2) is 9.78 Å². The van der Waals surface area contributed by atoms with Crippen LogP contribution in [0.5, 0.6) is 0 Å². The lowest BCUT2D eigenvalue weighted by Crippen LogP contribution is -2.30. The van der Waals surface area contributed by atoms with Crippen molar-refractivity contribution in [3.8, 4) is 0 Å². The van der Waals surface area contributed by atoms with E-state index in [4.69, 9.17) is 14.3 Å². The fourth-order valence-corrected chi connectivity index (χ4v) is 2.32. The number of halogens is 1. The number of rotatable bonds is 6. The number of aliphatic carboxylic acids is 1. The minimum Gasteiger partial charge on any atom is -0.481 e. The topological polar surface area (TPSA) is 102 Å². The van der Waals surface area contributed by atoms with Gasteiger partial charge in [-0.1, -0.05) is 42.5 Å². The van der Waals surface area contributed by atoms with Gasteiger partial charge in [0.05, 0.1) is 6.42 Å². The highest BCUT2D eigenvalue weighted by Gasteiger charge is 2.24. The molecule has 3 aromatic rings. The highest BCUT2D eigenvalue weighted by molar-refractivity contribution is 8.93. The zero-order valence-electron chi connectivity index (χ0n) is 13.6. The molecule has 0 fully saturated rings. The Morgan fingerprint density at radius 3 is 2.50 bits per heavy atom. The molecule has 1 aromatic heterocycles. The molecular weight excluding hydrogens is 404 g/mol. The molecule has 1 unspecified atom stereocenters. The maximum Gasteiger partial charge on any atom is 0.408 e. The largest absolute Gasteiger partial charge is 0.481 e. The molecule has 0 saturated heterocycles. The van der Waals surface area contributed by atoms with Gasteiger partial charge in [-0.3, -0.25) is 4.79 Å². The molecule has 136 valence electrons. The second-order valence-electron chi connectivity index (χ2n) is 5.38. The number of fused-ring (bicyclic) bond motifs is 1. The van der Waals surface area contributed by atoms with Crippen molar-refractivity contribution in [2.75, 3.05) is 0 Å². The number of oxazole rings is 1. The van der Waals surface area contributed by atoms with Gasteiger partial charge in [-0.15, -0.1) is 17.0 Å². The fourth-order valence-electron chi connectivity index (χ4n) is 2.32. The first-order valence-corrected chi connectivity index (χ1v) is 7.66. The number of hydrogen-bond acceptors (Lipinski definition) is 5. The highest BCUT2D eigenvalue weighted by atomic mass is 79.9. The van der Waals surface area contributed by atoms with Gasteiger partial charge in [0.15, 0.2) is 5.58 Å². The van der Waals surface area contributed by atoms with Crippen LogP contribution in [0, 0.1) is 0 Å². The molecule has 1 heterocycles. The number of amides is 1. The van der Waals surface area contributed by atoms with Crippen LogP contribution in [0.25, 0.3) is 11.1 Å². The second-order valence-corrected chi connectivity index (χ2v) is 5.38. The number of nitrogens with zero attached hydrogens (tertiary/aromatic N) is 1.